The number of nitrogens with one attached hydrogen (secondary N) is 2. The standard InChI is InChI=1S/C16H20N4OS/c1-11-8-18-15(22-11)10-20-16(17-2)19-9-13-7-12-5-3-4-6-14(12)21-13/h3-6,8,13H,7,9-10H2,1-2H3,(H2,17,19,20). The third kappa shape index (κ3) is 3.57. The number of nitrogens with zero attached hydrogens (tertiary/aromatic N) is 2. The van der Waals surface area contributed by atoms with Crippen LogP contribution in [0.3, 0.4) is 0 Å². The van der Waals surface area contributed by atoms with E-state index < -0.39 is 0 Å². The van der Waals surface area contributed by atoms with Crippen molar-refractivity contribution in [1.82, 2.24) is 15.6 Å². The molecule has 1 aliphatic rings. The summed E-state index contributed by atoms with van der Waals surface area (Å²) in [6, 6.07) is 8.19. The molecule has 2 heterocycles. The van der Waals surface area contributed by atoms with E-state index in [1.54, 1.807) is 18.4 Å². The lowest BCUT2D eigenvalue weighted by molar-refractivity contribution is 0.235. The van der Waals surface area contributed by atoms with E-state index in [9.17, 15) is 0 Å². The van der Waals surface area contributed by atoms with E-state index in [2.05, 4.69) is 39.7 Å². The lowest BCUT2D eigenvalue weighted by atomic mass is 10.1. The number of ether oxygens (including phenoxy) is 1. The molecule has 0 amide bonds. The van der Waals surface area contributed by atoms with Crippen molar-refractivity contribution in [1.29, 1.82) is 0 Å². The fourth-order valence-electron chi connectivity index (χ4n) is 2.44. The quantitative estimate of drug-likeness (QED) is 0.670. The second-order valence-corrected chi connectivity index (χ2v) is 6.54. The molecule has 1 aromatic carbocycles. The summed E-state index contributed by atoms with van der Waals surface area (Å²) < 4.78 is 5.91. The van der Waals surface area contributed by atoms with Crippen LogP contribution in [0.2, 0.25) is 0 Å². The SMILES string of the molecule is CN=C(NCc1ncc(C)s1)NCC1Cc2ccccc2O1. The third-order valence-corrected chi connectivity index (χ3v) is 4.42. The number of hydrogen-bond acceptors (Lipinski definition) is 4. The fraction of sp³-hybridized carbons (Fsp3) is 0.375. The van der Waals surface area contributed by atoms with Gasteiger partial charge in [-0.2, -0.15) is 0 Å². The largest absolute Gasteiger partial charge is 0.488 e. The fourth-order valence-corrected chi connectivity index (χ4v) is 3.17. The number of fused-ring (bicyclic) bond motifs is 1. The van der Waals surface area contributed by atoms with Crippen LogP contribution >= 0.6 is 11.3 Å². The first-order chi connectivity index (χ1) is 10.7. The number of guanidine groups is 1. The average molecular weight is 316 g/mol. The first kappa shape index (κ1) is 14.8. The van der Waals surface area contributed by atoms with Crippen LogP contribution < -0.4 is 15.4 Å². The number of benzene rings is 1. The van der Waals surface area contributed by atoms with Gasteiger partial charge in [-0.05, 0) is 18.6 Å². The van der Waals surface area contributed by atoms with Crippen LogP contribution in [0.25, 0.3) is 0 Å². The highest BCUT2D eigenvalue weighted by molar-refractivity contribution is 7.11. The summed E-state index contributed by atoms with van der Waals surface area (Å²) in [6.45, 7) is 3.47. The van der Waals surface area contributed by atoms with E-state index in [1.807, 2.05) is 18.3 Å². The highest BCUT2D eigenvalue weighted by Gasteiger charge is 2.22. The molecule has 0 saturated carbocycles. The van der Waals surface area contributed by atoms with Gasteiger partial charge in [0.1, 0.15) is 16.9 Å². The molecule has 5 nitrogen and oxygen atoms in total. The molecule has 0 radical (unpaired) electrons. The Morgan fingerprint density at radius 2 is 2.27 bits per heavy atom. The van der Waals surface area contributed by atoms with Crippen LogP contribution in [-0.4, -0.2) is 30.6 Å². The van der Waals surface area contributed by atoms with Crippen molar-refractivity contribution in [3.8, 4) is 5.75 Å². The maximum absolute atomic E-state index is 5.91. The van der Waals surface area contributed by atoms with Gasteiger partial charge in [0.05, 0.1) is 13.1 Å². The number of thiazole rings is 1. The first-order valence-electron chi connectivity index (χ1n) is 7.35. The van der Waals surface area contributed by atoms with Crippen LogP contribution in [0.15, 0.2) is 35.5 Å². The maximum Gasteiger partial charge on any atom is 0.191 e. The zero-order valence-electron chi connectivity index (χ0n) is 12.8. The molecule has 22 heavy (non-hydrogen) atoms. The van der Waals surface area contributed by atoms with Gasteiger partial charge >= 0.3 is 0 Å². The molecule has 1 aliphatic heterocycles. The summed E-state index contributed by atoms with van der Waals surface area (Å²) in [4.78, 5) is 9.79. The topological polar surface area (TPSA) is 58.5 Å². The Morgan fingerprint density at radius 1 is 1.41 bits per heavy atom. The summed E-state index contributed by atoms with van der Waals surface area (Å²) in [5, 5.41) is 7.65. The minimum absolute atomic E-state index is 0.151. The van der Waals surface area contributed by atoms with Gasteiger partial charge < -0.3 is 15.4 Å². The number of aryl methyl sites for hydroxylation is 1. The summed E-state index contributed by atoms with van der Waals surface area (Å²) in [7, 11) is 1.77. The molecule has 1 atom stereocenters. The third-order valence-electron chi connectivity index (χ3n) is 3.51. The van der Waals surface area contributed by atoms with E-state index in [4.69, 9.17) is 4.74 Å². The molecule has 0 bridgehead atoms. The van der Waals surface area contributed by atoms with E-state index in [0.717, 1.165) is 29.7 Å². The zero-order valence-corrected chi connectivity index (χ0v) is 13.6. The molecular weight excluding hydrogens is 296 g/mol. The molecule has 0 saturated heterocycles. The van der Waals surface area contributed by atoms with Crippen LogP contribution in [0.5, 0.6) is 5.75 Å². The Morgan fingerprint density at radius 3 is 3.00 bits per heavy atom. The highest BCUT2D eigenvalue weighted by atomic mass is 32.1. The number of aromatic nitrogens is 1. The van der Waals surface area contributed by atoms with Crippen molar-refractivity contribution in [2.45, 2.75) is 26.0 Å². The van der Waals surface area contributed by atoms with Crippen molar-refractivity contribution in [2.75, 3.05) is 13.6 Å². The predicted molar refractivity (Wildman–Crippen MR) is 89.6 cm³/mol. The molecule has 1 aromatic heterocycles. The monoisotopic (exact) mass is 316 g/mol. The second-order valence-electron chi connectivity index (χ2n) is 5.22. The minimum Gasteiger partial charge on any atom is -0.488 e. The molecule has 1 unspecified atom stereocenters. The molecule has 0 aliphatic carbocycles. The van der Waals surface area contributed by atoms with Gasteiger partial charge in [0.25, 0.3) is 0 Å². The summed E-state index contributed by atoms with van der Waals surface area (Å²) in [6.07, 6.45) is 2.98. The van der Waals surface area contributed by atoms with Gasteiger partial charge in [0.15, 0.2) is 5.96 Å². The van der Waals surface area contributed by atoms with Gasteiger partial charge in [-0.1, -0.05) is 18.2 Å². The van der Waals surface area contributed by atoms with Gasteiger partial charge in [-0.25, -0.2) is 4.98 Å². The van der Waals surface area contributed by atoms with E-state index in [0.29, 0.717) is 6.54 Å². The number of aliphatic imine (C=N–C) groups is 1. The van der Waals surface area contributed by atoms with Crippen molar-refractivity contribution in [2.24, 2.45) is 4.99 Å². The first-order valence-corrected chi connectivity index (χ1v) is 8.16. The molecular formula is C16H20N4OS. The zero-order chi connectivity index (χ0) is 15.4. The van der Waals surface area contributed by atoms with Crippen molar-refractivity contribution in [3.05, 3.63) is 45.9 Å². The van der Waals surface area contributed by atoms with Crippen LogP contribution in [0.4, 0.5) is 0 Å². The second kappa shape index (κ2) is 6.79. The van der Waals surface area contributed by atoms with E-state index in [-0.39, 0.29) is 6.10 Å². The molecule has 0 fully saturated rings. The highest BCUT2D eigenvalue weighted by Crippen LogP contribution is 2.27. The summed E-state index contributed by atoms with van der Waals surface area (Å²) >= 11 is 1.69. The van der Waals surface area contributed by atoms with Crippen molar-refractivity contribution < 1.29 is 4.74 Å². The van der Waals surface area contributed by atoms with Gasteiger partial charge in [-0.3, -0.25) is 4.99 Å². The predicted octanol–water partition coefficient (Wildman–Crippen LogP) is 2.12. The minimum atomic E-state index is 0.151. The van der Waals surface area contributed by atoms with Crippen molar-refractivity contribution in [3.63, 3.8) is 0 Å². The van der Waals surface area contributed by atoms with E-state index >= 15 is 0 Å². The summed E-state index contributed by atoms with van der Waals surface area (Å²) in [5.74, 6) is 1.77. The average Bonchev–Trinajstić information content (AvgIpc) is 3.13. The normalized spacial score (nSPS) is 17.0. The number of hydrogen-bond donors (Lipinski definition) is 2. The van der Waals surface area contributed by atoms with Crippen LogP contribution in [-0.2, 0) is 13.0 Å². The van der Waals surface area contributed by atoms with Gasteiger partial charge in [0, 0.05) is 24.5 Å². The number of para-hydroxylation sites is 1. The maximum atomic E-state index is 5.91. The van der Waals surface area contributed by atoms with E-state index in [1.165, 1.54) is 10.4 Å². The molecule has 0 spiro atoms. The molecule has 2 aromatic rings. The Bertz CT molecular complexity index is 643. The molecule has 116 valence electrons. The molecule has 3 rings (SSSR count). The lowest BCUT2D eigenvalue weighted by Gasteiger charge is -2.15. The van der Waals surface area contributed by atoms with Crippen LogP contribution in [0, 0.1) is 6.92 Å². The Balaban J connectivity index is 1.46. The smallest absolute Gasteiger partial charge is 0.191 e. The number of rotatable bonds is 4. The Labute approximate surface area is 134 Å². The van der Waals surface area contributed by atoms with Gasteiger partial charge in [-0.15, -0.1) is 11.3 Å². The molecule has 6 heteroatoms. The lowest BCUT2D eigenvalue weighted by Crippen LogP contribution is -2.41. The Kier molecular flexibility index (Phi) is 4.58. The van der Waals surface area contributed by atoms with Crippen LogP contribution in [0.1, 0.15) is 15.4 Å². The molecule has 2 N–H and O–H groups in total. The van der Waals surface area contributed by atoms with Gasteiger partial charge in [0.2, 0.25) is 0 Å². The summed E-state index contributed by atoms with van der Waals surface area (Å²) in [5.41, 5.74) is 1.27. The Hall–Kier alpha value is -2.08. The van der Waals surface area contributed by atoms with Crippen molar-refractivity contribution >= 4 is 17.3 Å².